The SMILES string of the molecule is Nc1ncc(-c2ccc(C(=O)N3CCCC3)cc2)nc1C(O)Nc1ccccc1. The zero-order valence-corrected chi connectivity index (χ0v) is 16.0. The lowest BCUT2D eigenvalue weighted by atomic mass is 10.1. The fraction of sp³-hybridized carbons (Fsp3) is 0.227. The molecule has 1 unspecified atom stereocenters. The highest BCUT2D eigenvalue weighted by Crippen LogP contribution is 2.24. The van der Waals surface area contributed by atoms with Crippen LogP contribution < -0.4 is 11.1 Å². The molecular weight excluding hydrogens is 366 g/mol. The number of para-hydroxylation sites is 1. The summed E-state index contributed by atoms with van der Waals surface area (Å²) in [7, 11) is 0. The Hall–Kier alpha value is -3.45. The number of nitrogens with zero attached hydrogens (tertiary/aromatic N) is 3. The first-order chi connectivity index (χ1) is 14.1. The fourth-order valence-corrected chi connectivity index (χ4v) is 3.40. The van der Waals surface area contributed by atoms with E-state index in [1.54, 1.807) is 18.3 Å². The highest BCUT2D eigenvalue weighted by molar-refractivity contribution is 5.94. The third kappa shape index (κ3) is 4.20. The Morgan fingerprint density at radius 2 is 1.76 bits per heavy atom. The lowest BCUT2D eigenvalue weighted by Gasteiger charge is -2.16. The summed E-state index contributed by atoms with van der Waals surface area (Å²) in [5.74, 6) is 0.214. The van der Waals surface area contributed by atoms with Crippen molar-refractivity contribution in [3.8, 4) is 11.3 Å². The van der Waals surface area contributed by atoms with Crippen LogP contribution in [0.3, 0.4) is 0 Å². The number of hydrogen-bond acceptors (Lipinski definition) is 6. The Bertz CT molecular complexity index is 986. The number of likely N-dealkylation sites (tertiary alicyclic amines) is 1. The molecular formula is C22H23N5O2. The number of rotatable bonds is 5. The quantitative estimate of drug-likeness (QED) is 0.579. The topological polar surface area (TPSA) is 104 Å². The highest BCUT2D eigenvalue weighted by atomic mass is 16.3. The summed E-state index contributed by atoms with van der Waals surface area (Å²) in [6.45, 7) is 1.64. The lowest BCUT2D eigenvalue weighted by molar-refractivity contribution is 0.0793. The van der Waals surface area contributed by atoms with Gasteiger partial charge in [0, 0.05) is 29.9 Å². The van der Waals surface area contributed by atoms with Crippen LogP contribution in [0.15, 0.2) is 60.8 Å². The molecule has 1 aliphatic rings. The monoisotopic (exact) mass is 389 g/mol. The van der Waals surface area contributed by atoms with Crippen molar-refractivity contribution < 1.29 is 9.90 Å². The van der Waals surface area contributed by atoms with Crippen LogP contribution in [0.4, 0.5) is 11.5 Å². The molecule has 2 aromatic carbocycles. The number of carbonyl (C=O) groups is 1. The summed E-state index contributed by atoms with van der Waals surface area (Å²) in [6.07, 6.45) is 2.59. The van der Waals surface area contributed by atoms with Gasteiger partial charge >= 0.3 is 0 Å². The van der Waals surface area contributed by atoms with Gasteiger partial charge in [-0.1, -0.05) is 30.3 Å². The van der Waals surface area contributed by atoms with E-state index < -0.39 is 6.23 Å². The van der Waals surface area contributed by atoms with E-state index >= 15 is 0 Å². The number of anilines is 2. The predicted molar refractivity (Wildman–Crippen MR) is 112 cm³/mol. The standard InChI is InChI=1S/C22H23N5O2/c23-20-19(21(28)25-17-6-2-1-3-7-17)26-18(14-24-20)15-8-10-16(11-9-15)22(29)27-12-4-5-13-27/h1-3,6-11,14,21,25,28H,4-5,12-13H2,(H2,23,24). The average molecular weight is 389 g/mol. The van der Waals surface area contributed by atoms with Crippen molar-refractivity contribution in [1.29, 1.82) is 0 Å². The van der Waals surface area contributed by atoms with E-state index in [4.69, 9.17) is 5.73 Å². The number of nitrogens with one attached hydrogen (secondary N) is 1. The van der Waals surface area contributed by atoms with E-state index in [9.17, 15) is 9.90 Å². The largest absolute Gasteiger partial charge is 0.382 e. The highest BCUT2D eigenvalue weighted by Gasteiger charge is 2.20. The van der Waals surface area contributed by atoms with Gasteiger partial charge < -0.3 is 21.1 Å². The third-order valence-corrected chi connectivity index (χ3v) is 4.99. The van der Waals surface area contributed by atoms with Crippen molar-refractivity contribution in [2.75, 3.05) is 24.1 Å². The Morgan fingerprint density at radius 3 is 2.45 bits per heavy atom. The number of nitrogens with two attached hydrogens (primary N) is 1. The number of benzene rings is 2. The predicted octanol–water partition coefficient (Wildman–Crippen LogP) is 3.06. The van der Waals surface area contributed by atoms with Gasteiger partial charge in [0.25, 0.3) is 5.91 Å². The van der Waals surface area contributed by atoms with Gasteiger partial charge in [0.1, 0.15) is 11.5 Å². The number of amides is 1. The van der Waals surface area contributed by atoms with Gasteiger partial charge in [-0.05, 0) is 37.1 Å². The molecule has 4 rings (SSSR count). The third-order valence-electron chi connectivity index (χ3n) is 4.99. The molecule has 3 aromatic rings. The van der Waals surface area contributed by atoms with Crippen molar-refractivity contribution >= 4 is 17.4 Å². The fourth-order valence-electron chi connectivity index (χ4n) is 3.40. The van der Waals surface area contributed by atoms with E-state index in [1.807, 2.05) is 47.4 Å². The zero-order valence-electron chi connectivity index (χ0n) is 16.0. The lowest BCUT2D eigenvalue weighted by Crippen LogP contribution is -2.27. The zero-order chi connectivity index (χ0) is 20.2. The molecule has 0 spiro atoms. The normalized spacial score (nSPS) is 14.6. The summed E-state index contributed by atoms with van der Waals surface area (Å²) < 4.78 is 0. The molecule has 1 atom stereocenters. The second-order valence-corrected chi connectivity index (χ2v) is 7.02. The van der Waals surface area contributed by atoms with Crippen molar-refractivity contribution in [3.05, 3.63) is 72.1 Å². The molecule has 0 bridgehead atoms. The number of hydrogen-bond donors (Lipinski definition) is 3. The summed E-state index contributed by atoms with van der Waals surface area (Å²) in [4.78, 5) is 23.0. The molecule has 1 saturated heterocycles. The first-order valence-electron chi connectivity index (χ1n) is 9.63. The molecule has 4 N–H and O–H groups in total. The number of nitrogen functional groups attached to an aromatic ring is 1. The Labute approximate surface area is 169 Å². The molecule has 1 amide bonds. The smallest absolute Gasteiger partial charge is 0.253 e. The van der Waals surface area contributed by atoms with Gasteiger partial charge in [-0.2, -0.15) is 0 Å². The molecule has 7 heteroatoms. The van der Waals surface area contributed by atoms with E-state index in [2.05, 4.69) is 15.3 Å². The van der Waals surface area contributed by atoms with Gasteiger partial charge in [0.2, 0.25) is 0 Å². The molecule has 1 aromatic heterocycles. The maximum Gasteiger partial charge on any atom is 0.253 e. The van der Waals surface area contributed by atoms with Crippen LogP contribution in [0, 0.1) is 0 Å². The second kappa shape index (κ2) is 8.28. The van der Waals surface area contributed by atoms with Gasteiger partial charge in [0.15, 0.2) is 6.23 Å². The number of carbonyl (C=O) groups excluding carboxylic acids is 1. The maximum atomic E-state index is 12.5. The van der Waals surface area contributed by atoms with E-state index in [-0.39, 0.29) is 17.4 Å². The Morgan fingerprint density at radius 1 is 1.07 bits per heavy atom. The summed E-state index contributed by atoms with van der Waals surface area (Å²) in [6, 6.07) is 16.6. The molecule has 2 heterocycles. The van der Waals surface area contributed by atoms with Crippen molar-refractivity contribution in [2.24, 2.45) is 0 Å². The van der Waals surface area contributed by atoms with Gasteiger partial charge in [-0.3, -0.25) is 4.79 Å². The van der Waals surface area contributed by atoms with Crippen molar-refractivity contribution in [1.82, 2.24) is 14.9 Å². The van der Waals surface area contributed by atoms with Gasteiger partial charge in [-0.25, -0.2) is 9.97 Å². The number of aromatic nitrogens is 2. The molecule has 29 heavy (non-hydrogen) atoms. The van der Waals surface area contributed by atoms with E-state index in [0.717, 1.165) is 37.2 Å². The van der Waals surface area contributed by atoms with E-state index in [1.165, 1.54) is 0 Å². The van der Waals surface area contributed by atoms with Crippen LogP contribution in [0.25, 0.3) is 11.3 Å². The van der Waals surface area contributed by atoms with Crippen molar-refractivity contribution in [3.63, 3.8) is 0 Å². The van der Waals surface area contributed by atoms with Gasteiger partial charge in [0.05, 0.1) is 11.9 Å². The van der Waals surface area contributed by atoms with E-state index in [0.29, 0.717) is 11.3 Å². The molecule has 7 nitrogen and oxygen atoms in total. The molecule has 1 fully saturated rings. The Balaban J connectivity index is 1.54. The maximum absolute atomic E-state index is 12.5. The molecule has 0 saturated carbocycles. The second-order valence-electron chi connectivity index (χ2n) is 7.02. The Kier molecular flexibility index (Phi) is 5.39. The molecule has 148 valence electrons. The summed E-state index contributed by atoms with van der Waals surface area (Å²) in [5, 5.41) is 13.5. The van der Waals surface area contributed by atoms with Crippen LogP contribution in [-0.4, -0.2) is 39.0 Å². The average Bonchev–Trinajstić information content (AvgIpc) is 3.29. The number of aliphatic hydroxyl groups is 1. The van der Waals surface area contributed by atoms with Crippen LogP contribution in [0.1, 0.15) is 35.1 Å². The van der Waals surface area contributed by atoms with Crippen LogP contribution in [0.5, 0.6) is 0 Å². The first kappa shape index (κ1) is 18.9. The van der Waals surface area contributed by atoms with Gasteiger partial charge in [-0.15, -0.1) is 0 Å². The summed E-state index contributed by atoms with van der Waals surface area (Å²) >= 11 is 0. The van der Waals surface area contributed by atoms with Crippen LogP contribution in [-0.2, 0) is 0 Å². The minimum absolute atomic E-state index is 0.0561. The number of aliphatic hydroxyl groups excluding tert-OH is 1. The van der Waals surface area contributed by atoms with Crippen molar-refractivity contribution in [2.45, 2.75) is 19.1 Å². The summed E-state index contributed by atoms with van der Waals surface area (Å²) in [5.41, 5.74) is 8.96. The van der Waals surface area contributed by atoms with Crippen LogP contribution >= 0.6 is 0 Å². The minimum Gasteiger partial charge on any atom is -0.382 e. The molecule has 0 radical (unpaired) electrons. The first-order valence-corrected chi connectivity index (χ1v) is 9.63. The van der Waals surface area contributed by atoms with Crippen LogP contribution in [0.2, 0.25) is 0 Å². The minimum atomic E-state index is -1.10. The molecule has 0 aliphatic carbocycles. The molecule has 1 aliphatic heterocycles.